The Labute approximate surface area is 83.7 Å². The molecule has 0 heterocycles. The van der Waals surface area contributed by atoms with Crippen LogP contribution in [0.15, 0.2) is 30.3 Å². The van der Waals surface area contributed by atoms with Crippen LogP contribution in [-0.2, 0) is 4.79 Å². The summed E-state index contributed by atoms with van der Waals surface area (Å²) in [6.45, 7) is -1.86. The van der Waals surface area contributed by atoms with Gasteiger partial charge in [-0.1, -0.05) is 30.3 Å². The molecule has 0 bridgehead atoms. The van der Waals surface area contributed by atoms with Gasteiger partial charge in [-0.3, -0.25) is 9.59 Å². The number of Topliss-reactive ketones (excluding diaryl/α,β-unsaturated/α-hetero) is 2. The molecule has 0 aliphatic rings. The van der Waals surface area contributed by atoms with Gasteiger partial charge in [0.2, 0.25) is 11.6 Å². The third-order valence-corrected chi connectivity index (χ3v) is 1.79. The Morgan fingerprint density at radius 3 is 2.13 bits per heavy atom. The minimum atomic E-state index is -4.28. The maximum absolute atomic E-state index is 13.0. The fourth-order valence-electron chi connectivity index (χ4n) is 0.981. The lowest BCUT2D eigenvalue weighted by Crippen LogP contribution is -2.39. The average Bonchev–Trinajstić information content (AvgIpc) is 2.28. The SMILES string of the molecule is O=C(CF)C(F)(F)C(=O)c1ccccc1. The molecule has 2 nitrogen and oxygen atoms in total. The van der Waals surface area contributed by atoms with E-state index in [9.17, 15) is 22.8 Å². The van der Waals surface area contributed by atoms with Crippen LogP contribution < -0.4 is 0 Å². The zero-order valence-electron chi connectivity index (χ0n) is 7.54. The summed E-state index contributed by atoms with van der Waals surface area (Å²) in [7, 11) is 0. The highest BCUT2D eigenvalue weighted by Gasteiger charge is 2.46. The molecule has 0 radical (unpaired) electrons. The number of halogens is 3. The van der Waals surface area contributed by atoms with Gasteiger partial charge in [0.15, 0.2) is 6.67 Å². The lowest BCUT2D eigenvalue weighted by atomic mass is 10.0. The smallest absolute Gasteiger partial charge is 0.289 e. The Morgan fingerprint density at radius 1 is 1.13 bits per heavy atom. The van der Waals surface area contributed by atoms with Crippen molar-refractivity contribution in [1.29, 1.82) is 0 Å². The van der Waals surface area contributed by atoms with Gasteiger partial charge in [-0.2, -0.15) is 8.78 Å². The Bertz CT molecular complexity index is 374. The molecule has 0 saturated heterocycles. The molecule has 15 heavy (non-hydrogen) atoms. The Morgan fingerprint density at radius 2 is 1.67 bits per heavy atom. The van der Waals surface area contributed by atoms with Gasteiger partial charge in [0.25, 0.3) is 0 Å². The number of carbonyl (C=O) groups excluding carboxylic acids is 2. The molecule has 0 aromatic heterocycles. The zero-order chi connectivity index (χ0) is 11.5. The number of ketones is 2. The molecule has 1 aromatic rings. The summed E-state index contributed by atoms with van der Waals surface area (Å²) in [6, 6.07) is 6.57. The van der Waals surface area contributed by atoms with Crippen molar-refractivity contribution in [2.45, 2.75) is 5.92 Å². The van der Waals surface area contributed by atoms with Crippen LogP contribution in [0.25, 0.3) is 0 Å². The van der Waals surface area contributed by atoms with Crippen LogP contribution in [0.4, 0.5) is 13.2 Å². The van der Waals surface area contributed by atoms with E-state index in [-0.39, 0.29) is 5.56 Å². The molecule has 0 saturated carbocycles. The molecule has 5 heteroatoms. The Kier molecular flexibility index (Phi) is 3.24. The number of rotatable bonds is 4. The summed E-state index contributed by atoms with van der Waals surface area (Å²) in [5.74, 6) is -7.97. The lowest BCUT2D eigenvalue weighted by molar-refractivity contribution is -0.137. The molecule has 0 aliphatic carbocycles. The van der Waals surface area contributed by atoms with Gasteiger partial charge in [-0.15, -0.1) is 0 Å². The molecule has 1 aromatic carbocycles. The number of carbonyl (C=O) groups is 2. The second kappa shape index (κ2) is 4.25. The topological polar surface area (TPSA) is 34.1 Å². The Hall–Kier alpha value is -1.65. The quantitative estimate of drug-likeness (QED) is 0.570. The lowest BCUT2D eigenvalue weighted by Gasteiger charge is -2.11. The van der Waals surface area contributed by atoms with Crippen molar-refractivity contribution < 1.29 is 22.8 Å². The first-order valence-corrected chi connectivity index (χ1v) is 4.07. The van der Waals surface area contributed by atoms with Crippen molar-refractivity contribution in [2.75, 3.05) is 6.67 Å². The van der Waals surface area contributed by atoms with E-state index in [4.69, 9.17) is 0 Å². The minimum absolute atomic E-state index is 0.315. The maximum atomic E-state index is 13.0. The monoisotopic (exact) mass is 216 g/mol. The van der Waals surface area contributed by atoms with Gasteiger partial charge in [-0.05, 0) is 0 Å². The summed E-state index contributed by atoms with van der Waals surface area (Å²) < 4.78 is 37.7. The van der Waals surface area contributed by atoms with Crippen LogP contribution in [0.3, 0.4) is 0 Å². The molecular weight excluding hydrogens is 209 g/mol. The van der Waals surface area contributed by atoms with E-state index in [0.717, 1.165) is 12.1 Å². The summed E-state index contributed by atoms with van der Waals surface area (Å²) >= 11 is 0. The van der Waals surface area contributed by atoms with Crippen molar-refractivity contribution in [3.05, 3.63) is 35.9 Å². The summed E-state index contributed by atoms with van der Waals surface area (Å²) in [6.07, 6.45) is 0. The van der Waals surface area contributed by atoms with Crippen LogP contribution in [0, 0.1) is 0 Å². The van der Waals surface area contributed by atoms with Crippen LogP contribution in [0.5, 0.6) is 0 Å². The molecule has 0 unspecified atom stereocenters. The van der Waals surface area contributed by atoms with Crippen molar-refractivity contribution >= 4 is 11.6 Å². The first-order valence-electron chi connectivity index (χ1n) is 4.07. The predicted octanol–water partition coefficient (Wildman–Crippen LogP) is 2.04. The molecule has 0 atom stereocenters. The van der Waals surface area contributed by atoms with Gasteiger partial charge in [0.1, 0.15) is 0 Å². The van der Waals surface area contributed by atoms with Crippen molar-refractivity contribution in [3.8, 4) is 0 Å². The highest BCUT2D eigenvalue weighted by Crippen LogP contribution is 2.21. The van der Waals surface area contributed by atoms with Crippen molar-refractivity contribution in [3.63, 3.8) is 0 Å². The van der Waals surface area contributed by atoms with Crippen LogP contribution in [0.2, 0.25) is 0 Å². The second-order valence-electron chi connectivity index (χ2n) is 2.83. The fourth-order valence-corrected chi connectivity index (χ4v) is 0.981. The third-order valence-electron chi connectivity index (χ3n) is 1.79. The number of hydrogen-bond acceptors (Lipinski definition) is 2. The summed E-state index contributed by atoms with van der Waals surface area (Å²) in [5.41, 5.74) is -0.315. The van der Waals surface area contributed by atoms with Gasteiger partial charge >= 0.3 is 5.92 Å². The van der Waals surface area contributed by atoms with Crippen molar-refractivity contribution in [1.82, 2.24) is 0 Å². The van der Waals surface area contributed by atoms with Gasteiger partial charge in [0, 0.05) is 5.56 Å². The van der Waals surface area contributed by atoms with E-state index < -0.39 is 24.2 Å². The molecule has 80 valence electrons. The zero-order valence-corrected chi connectivity index (χ0v) is 7.54. The highest BCUT2D eigenvalue weighted by atomic mass is 19.3. The maximum Gasteiger partial charge on any atom is 0.369 e. The third kappa shape index (κ3) is 2.23. The van der Waals surface area contributed by atoms with E-state index in [0.29, 0.717) is 0 Å². The van der Waals surface area contributed by atoms with E-state index in [1.807, 2.05) is 0 Å². The largest absolute Gasteiger partial charge is 0.369 e. The number of alkyl halides is 3. The predicted molar refractivity (Wildman–Crippen MR) is 46.7 cm³/mol. The standard InChI is InChI=1S/C10H7F3O2/c11-6-8(14)10(12,13)9(15)7-4-2-1-3-5-7/h1-5H,6H2. The number of hydrogen-bond donors (Lipinski definition) is 0. The molecule has 0 amide bonds. The summed E-state index contributed by atoms with van der Waals surface area (Å²) in [4.78, 5) is 21.6. The first-order chi connectivity index (χ1) is 7.00. The van der Waals surface area contributed by atoms with E-state index in [2.05, 4.69) is 0 Å². The number of benzene rings is 1. The molecule has 0 aliphatic heterocycles. The molecule has 1 rings (SSSR count). The molecular formula is C10H7F3O2. The minimum Gasteiger partial charge on any atom is -0.289 e. The van der Waals surface area contributed by atoms with Crippen LogP contribution in [-0.4, -0.2) is 24.2 Å². The van der Waals surface area contributed by atoms with E-state index >= 15 is 0 Å². The van der Waals surface area contributed by atoms with Gasteiger partial charge in [0.05, 0.1) is 0 Å². The van der Waals surface area contributed by atoms with E-state index in [1.165, 1.54) is 18.2 Å². The van der Waals surface area contributed by atoms with Crippen LogP contribution >= 0.6 is 0 Å². The second-order valence-corrected chi connectivity index (χ2v) is 2.83. The van der Waals surface area contributed by atoms with Crippen molar-refractivity contribution in [2.24, 2.45) is 0 Å². The van der Waals surface area contributed by atoms with Gasteiger partial charge in [-0.25, -0.2) is 4.39 Å². The normalized spacial score (nSPS) is 11.1. The molecule has 0 spiro atoms. The summed E-state index contributed by atoms with van der Waals surface area (Å²) in [5, 5.41) is 0. The fraction of sp³-hybridized carbons (Fsp3) is 0.200. The highest BCUT2D eigenvalue weighted by molar-refractivity contribution is 6.16. The first kappa shape index (κ1) is 11.4. The average molecular weight is 216 g/mol. The van der Waals surface area contributed by atoms with Crippen LogP contribution in [0.1, 0.15) is 10.4 Å². The molecule has 0 N–H and O–H groups in total. The van der Waals surface area contributed by atoms with E-state index in [1.54, 1.807) is 0 Å². The Balaban J connectivity index is 3.00. The van der Waals surface area contributed by atoms with Gasteiger partial charge < -0.3 is 0 Å². The molecule has 0 fully saturated rings.